The molecule has 2 aliphatic rings. The van der Waals surface area contributed by atoms with Gasteiger partial charge in [0, 0.05) is 27.2 Å². The van der Waals surface area contributed by atoms with E-state index in [1.165, 1.54) is 23.4 Å². The fourth-order valence-electron chi connectivity index (χ4n) is 3.72. The predicted molar refractivity (Wildman–Crippen MR) is 94.4 cm³/mol. The first-order chi connectivity index (χ1) is 12.1. The van der Waals surface area contributed by atoms with E-state index in [9.17, 15) is 18.0 Å². The van der Waals surface area contributed by atoms with Crippen LogP contribution in [-0.2, 0) is 14.8 Å². The minimum atomic E-state index is -3.76. The van der Waals surface area contributed by atoms with Crippen molar-refractivity contribution in [3.8, 4) is 5.75 Å². The zero-order valence-corrected chi connectivity index (χ0v) is 16.2. The number of hydrogen-bond acceptors (Lipinski definition) is 5. The lowest BCUT2D eigenvalue weighted by molar-refractivity contribution is -0.133. The number of sulfonamides is 1. The molecule has 9 heteroatoms. The lowest BCUT2D eigenvalue weighted by atomic mass is 9.87. The third-order valence-electron chi connectivity index (χ3n) is 5.41. The first-order valence-corrected chi connectivity index (χ1v) is 9.80. The molecule has 0 N–H and O–H groups in total. The SMILES string of the molecule is COc1ccc(C)cc1S(=O)(=O)N1CCC2(CC1)C(=O)N(C)C(=O)N2C. The Balaban J connectivity index is 1.88. The van der Waals surface area contributed by atoms with E-state index in [-0.39, 0.29) is 42.8 Å². The summed E-state index contributed by atoms with van der Waals surface area (Å²) in [5.41, 5.74) is -0.134. The molecule has 0 radical (unpaired) electrons. The van der Waals surface area contributed by atoms with Gasteiger partial charge in [-0.05, 0) is 37.5 Å². The minimum absolute atomic E-state index is 0.121. The Hall–Kier alpha value is -2.13. The number of aryl methyl sites for hydroxylation is 1. The average Bonchev–Trinajstić information content (AvgIpc) is 2.78. The molecule has 1 aromatic carbocycles. The molecule has 2 aliphatic heterocycles. The molecule has 3 rings (SSSR count). The summed E-state index contributed by atoms with van der Waals surface area (Å²) in [6, 6.07) is 4.65. The first-order valence-electron chi connectivity index (χ1n) is 8.36. The van der Waals surface area contributed by atoms with Crippen LogP contribution in [0.15, 0.2) is 23.1 Å². The largest absolute Gasteiger partial charge is 0.495 e. The highest BCUT2D eigenvalue weighted by Crippen LogP contribution is 2.38. The van der Waals surface area contributed by atoms with Gasteiger partial charge >= 0.3 is 6.03 Å². The Kier molecular flexibility index (Phi) is 4.48. The number of nitrogens with zero attached hydrogens (tertiary/aromatic N) is 3. The molecule has 0 aromatic heterocycles. The number of amides is 3. The molecule has 2 fully saturated rings. The summed E-state index contributed by atoms with van der Waals surface area (Å²) in [4.78, 5) is 27.3. The van der Waals surface area contributed by atoms with Gasteiger partial charge in [-0.3, -0.25) is 9.69 Å². The quantitative estimate of drug-likeness (QED) is 0.731. The normalized spacial score (nSPS) is 20.9. The maximum absolute atomic E-state index is 13.1. The Morgan fingerprint density at radius 2 is 1.73 bits per heavy atom. The van der Waals surface area contributed by atoms with Gasteiger partial charge in [-0.25, -0.2) is 13.2 Å². The molecule has 1 aromatic rings. The molecule has 1 spiro atoms. The number of carbonyl (C=O) groups is 2. The minimum Gasteiger partial charge on any atom is -0.495 e. The second kappa shape index (κ2) is 6.24. The van der Waals surface area contributed by atoms with Gasteiger partial charge in [0.05, 0.1) is 7.11 Å². The molecule has 0 aliphatic carbocycles. The number of hydrogen-bond donors (Lipinski definition) is 0. The van der Waals surface area contributed by atoms with E-state index >= 15 is 0 Å². The molecule has 8 nitrogen and oxygen atoms in total. The van der Waals surface area contributed by atoms with Gasteiger partial charge in [-0.15, -0.1) is 0 Å². The molecule has 2 heterocycles. The van der Waals surface area contributed by atoms with Crippen molar-refractivity contribution < 1.29 is 22.7 Å². The molecule has 142 valence electrons. The molecule has 0 unspecified atom stereocenters. The molecular weight excluding hydrogens is 358 g/mol. The Morgan fingerprint density at radius 1 is 1.12 bits per heavy atom. The van der Waals surface area contributed by atoms with Crippen molar-refractivity contribution in [3.05, 3.63) is 23.8 Å². The van der Waals surface area contributed by atoms with Crippen LogP contribution < -0.4 is 4.74 Å². The summed E-state index contributed by atoms with van der Waals surface area (Å²) in [5, 5.41) is 0. The van der Waals surface area contributed by atoms with E-state index in [1.807, 2.05) is 6.92 Å². The highest BCUT2D eigenvalue weighted by Gasteiger charge is 2.56. The van der Waals surface area contributed by atoms with E-state index in [0.717, 1.165) is 10.5 Å². The van der Waals surface area contributed by atoms with E-state index in [1.54, 1.807) is 25.2 Å². The van der Waals surface area contributed by atoms with Crippen molar-refractivity contribution in [2.75, 3.05) is 34.3 Å². The smallest absolute Gasteiger partial charge is 0.327 e. The van der Waals surface area contributed by atoms with Crippen molar-refractivity contribution in [1.29, 1.82) is 0 Å². The zero-order valence-electron chi connectivity index (χ0n) is 15.4. The third kappa shape index (κ3) is 2.57. The van der Waals surface area contributed by atoms with E-state index in [4.69, 9.17) is 4.74 Å². The lowest BCUT2D eigenvalue weighted by Gasteiger charge is -2.40. The fourth-order valence-corrected chi connectivity index (χ4v) is 5.40. The monoisotopic (exact) mass is 381 g/mol. The van der Waals surface area contributed by atoms with Gasteiger partial charge in [0.25, 0.3) is 5.91 Å². The summed E-state index contributed by atoms with van der Waals surface area (Å²) >= 11 is 0. The number of rotatable bonds is 3. The zero-order chi connectivity index (χ0) is 19.3. The number of ether oxygens (including phenoxy) is 1. The second-order valence-corrected chi connectivity index (χ2v) is 8.70. The van der Waals surface area contributed by atoms with Crippen molar-refractivity contribution in [1.82, 2.24) is 14.1 Å². The number of imide groups is 1. The Labute approximate surface area is 153 Å². The van der Waals surface area contributed by atoms with Crippen molar-refractivity contribution in [2.24, 2.45) is 0 Å². The molecule has 26 heavy (non-hydrogen) atoms. The predicted octanol–water partition coefficient (Wildman–Crippen LogP) is 1.05. The number of benzene rings is 1. The first kappa shape index (κ1) is 18.7. The number of methoxy groups -OCH3 is 1. The van der Waals surface area contributed by atoms with Crippen molar-refractivity contribution in [2.45, 2.75) is 30.2 Å². The molecular formula is C17H23N3O5S. The maximum Gasteiger partial charge on any atom is 0.327 e. The van der Waals surface area contributed by atoms with Gasteiger partial charge in [-0.2, -0.15) is 4.31 Å². The molecule has 0 bridgehead atoms. The van der Waals surface area contributed by atoms with Crippen LogP contribution in [0, 0.1) is 6.92 Å². The van der Waals surface area contributed by atoms with Crippen LogP contribution >= 0.6 is 0 Å². The van der Waals surface area contributed by atoms with Crippen LogP contribution in [0.25, 0.3) is 0 Å². The average molecular weight is 381 g/mol. The van der Waals surface area contributed by atoms with Gasteiger partial charge in [0.15, 0.2) is 0 Å². The van der Waals surface area contributed by atoms with Crippen molar-refractivity contribution >= 4 is 22.0 Å². The number of carbonyl (C=O) groups excluding carboxylic acids is 2. The van der Waals surface area contributed by atoms with Gasteiger partial charge in [0.2, 0.25) is 10.0 Å². The number of urea groups is 1. The van der Waals surface area contributed by atoms with Crippen molar-refractivity contribution in [3.63, 3.8) is 0 Å². The second-order valence-electron chi connectivity index (χ2n) is 6.80. The summed E-state index contributed by atoms with van der Waals surface area (Å²) < 4.78 is 32.7. The number of likely N-dealkylation sites (N-methyl/N-ethyl adjacent to an activating group) is 2. The van der Waals surface area contributed by atoms with Crippen LogP contribution in [0.1, 0.15) is 18.4 Å². The summed E-state index contributed by atoms with van der Waals surface area (Å²) in [5.74, 6) is 0.0232. The van der Waals surface area contributed by atoms with Gasteiger partial charge in [0.1, 0.15) is 16.2 Å². The van der Waals surface area contributed by atoms with Crippen LogP contribution in [0.3, 0.4) is 0 Å². The van der Waals surface area contributed by atoms with Crippen LogP contribution in [0.4, 0.5) is 4.79 Å². The standard InChI is InChI=1S/C17H23N3O5S/c1-12-5-6-13(25-4)14(11-12)26(23,24)20-9-7-17(8-10-20)15(21)18(2)16(22)19(17)3/h5-6,11H,7-10H2,1-4H3. The van der Waals surface area contributed by atoms with E-state index < -0.39 is 15.6 Å². The molecule has 3 amide bonds. The Bertz CT molecular complexity index is 859. The maximum atomic E-state index is 13.1. The highest BCUT2D eigenvalue weighted by atomic mass is 32.2. The van der Waals surface area contributed by atoms with E-state index in [0.29, 0.717) is 5.75 Å². The van der Waals surface area contributed by atoms with Gasteiger partial charge in [-0.1, -0.05) is 6.07 Å². The summed E-state index contributed by atoms with van der Waals surface area (Å²) in [6.45, 7) is 2.14. The number of piperidine rings is 1. The Morgan fingerprint density at radius 3 is 2.23 bits per heavy atom. The molecule has 2 saturated heterocycles. The van der Waals surface area contributed by atoms with E-state index in [2.05, 4.69) is 0 Å². The third-order valence-corrected chi connectivity index (χ3v) is 7.32. The topological polar surface area (TPSA) is 87.2 Å². The van der Waals surface area contributed by atoms with Crippen LogP contribution in [0.5, 0.6) is 5.75 Å². The summed E-state index contributed by atoms with van der Waals surface area (Å²) in [7, 11) is 0.727. The van der Waals surface area contributed by atoms with Crippen LogP contribution in [-0.4, -0.2) is 74.3 Å². The lowest BCUT2D eigenvalue weighted by Crippen LogP contribution is -2.56. The highest BCUT2D eigenvalue weighted by molar-refractivity contribution is 7.89. The molecule has 0 atom stereocenters. The molecule has 0 saturated carbocycles. The summed E-state index contributed by atoms with van der Waals surface area (Å²) in [6.07, 6.45) is 0.539. The van der Waals surface area contributed by atoms with Gasteiger partial charge < -0.3 is 9.64 Å². The van der Waals surface area contributed by atoms with Crippen LogP contribution in [0.2, 0.25) is 0 Å². The fraction of sp³-hybridized carbons (Fsp3) is 0.529.